The van der Waals surface area contributed by atoms with Gasteiger partial charge in [-0.15, -0.1) is 4.99 Å². The van der Waals surface area contributed by atoms with Gasteiger partial charge in [-0.05, 0) is 48.2 Å². The van der Waals surface area contributed by atoms with Gasteiger partial charge in [-0.3, -0.25) is 0 Å². The number of nitrogens with zero attached hydrogens (tertiary/aromatic N) is 4. The number of hydrazone groups is 1. The van der Waals surface area contributed by atoms with Gasteiger partial charge < -0.3 is 10.1 Å². The molecular formula is C22H21Cl2N5O. The van der Waals surface area contributed by atoms with E-state index >= 15 is 0 Å². The van der Waals surface area contributed by atoms with Crippen LogP contribution >= 0.6 is 23.2 Å². The molecule has 1 unspecified atom stereocenters. The average Bonchev–Trinajstić information content (AvgIpc) is 3.17. The molecule has 0 bridgehead atoms. The second-order valence-corrected chi connectivity index (χ2v) is 7.45. The van der Waals surface area contributed by atoms with Crippen molar-refractivity contribution < 1.29 is 4.74 Å². The Kier molecular flexibility index (Phi) is 8.09. The maximum absolute atomic E-state index is 9.19. The van der Waals surface area contributed by atoms with Crippen LogP contribution in [0.4, 0.5) is 0 Å². The van der Waals surface area contributed by atoms with Gasteiger partial charge in [0.2, 0.25) is 12.2 Å². The van der Waals surface area contributed by atoms with Crippen molar-refractivity contribution in [3.63, 3.8) is 0 Å². The van der Waals surface area contributed by atoms with Gasteiger partial charge in [-0.1, -0.05) is 47.5 Å². The highest BCUT2D eigenvalue weighted by Crippen LogP contribution is 2.23. The van der Waals surface area contributed by atoms with Gasteiger partial charge in [0.25, 0.3) is 0 Å². The van der Waals surface area contributed by atoms with E-state index < -0.39 is 0 Å². The molecule has 0 amide bonds. The second-order valence-electron chi connectivity index (χ2n) is 6.58. The van der Waals surface area contributed by atoms with Gasteiger partial charge in [-0.2, -0.15) is 10.4 Å². The summed E-state index contributed by atoms with van der Waals surface area (Å²) in [5.41, 5.74) is 2.70. The molecule has 1 atom stereocenters. The minimum absolute atomic E-state index is 0.203. The Hall–Kier alpha value is -2.59. The maximum atomic E-state index is 9.19. The molecule has 8 heteroatoms. The summed E-state index contributed by atoms with van der Waals surface area (Å²) in [5.74, 6) is 0.379. The largest absolute Gasteiger partial charge is 0.385 e. The number of nitrogens with one attached hydrogen (secondary N) is 1. The molecule has 30 heavy (non-hydrogen) atoms. The summed E-state index contributed by atoms with van der Waals surface area (Å²) in [6.07, 6.45) is 6.64. The second kappa shape index (κ2) is 11.0. The lowest BCUT2D eigenvalue weighted by Gasteiger charge is -2.24. The number of halogens is 2. The van der Waals surface area contributed by atoms with Crippen LogP contribution in [-0.4, -0.2) is 43.0 Å². The van der Waals surface area contributed by atoms with E-state index in [-0.39, 0.29) is 6.04 Å². The van der Waals surface area contributed by atoms with Crippen molar-refractivity contribution in [2.75, 3.05) is 20.3 Å². The van der Waals surface area contributed by atoms with Crippen LogP contribution in [0.2, 0.25) is 10.0 Å². The van der Waals surface area contributed by atoms with E-state index in [1.165, 1.54) is 0 Å². The summed E-state index contributed by atoms with van der Waals surface area (Å²) in [6.45, 7) is 1.11. The number of methoxy groups -OCH3 is 1. The summed E-state index contributed by atoms with van der Waals surface area (Å²) < 4.78 is 5.23. The normalized spacial score (nSPS) is 16.3. The van der Waals surface area contributed by atoms with Crippen molar-refractivity contribution in [3.8, 4) is 6.19 Å². The Labute approximate surface area is 186 Å². The molecule has 2 aromatic rings. The fraction of sp³-hybridized carbons (Fsp3) is 0.273. The van der Waals surface area contributed by atoms with Crippen LogP contribution in [0.25, 0.3) is 0 Å². The number of guanidine groups is 1. The predicted octanol–water partition coefficient (Wildman–Crippen LogP) is 4.17. The van der Waals surface area contributed by atoms with Crippen LogP contribution in [-0.2, 0) is 11.2 Å². The number of nitriles is 1. The minimum Gasteiger partial charge on any atom is -0.385 e. The molecule has 0 aromatic heterocycles. The van der Waals surface area contributed by atoms with Crippen molar-refractivity contribution in [3.05, 3.63) is 76.1 Å². The van der Waals surface area contributed by atoms with Crippen LogP contribution in [0.1, 0.15) is 17.5 Å². The summed E-state index contributed by atoms with van der Waals surface area (Å²) in [6, 6.07) is 14.8. The van der Waals surface area contributed by atoms with Gasteiger partial charge in [0.15, 0.2) is 0 Å². The fourth-order valence-corrected chi connectivity index (χ4v) is 3.23. The Bertz CT molecular complexity index is 935. The summed E-state index contributed by atoms with van der Waals surface area (Å²) >= 11 is 11.9. The monoisotopic (exact) mass is 441 g/mol. The smallest absolute Gasteiger partial charge is 0.230 e. The zero-order chi connectivity index (χ0) is 21.3. The Balaban J connectivity index is 1.74. The molecule has 3 rings (SSSR count). The molecule has 0 saturated carbocycles. The minimum atomic E-state index is -0.203. The number of benzene rings is 2. The lowest BCUT2D eigenvalue weighted by atomic mass is 10.0. The van der Waals surface area contributed by atoms with E-state index in [1.54, 1.807) is 12.1 Å². The highest BCUT2D eigenvalue weighted by atomic mass is 35.5. The van der Waals surface area contributed by atoms with Crippen molar-refractivity contribution >= 4 is 34.9 Å². The number of ether oxygens (including phenoxy) is 1. The highest BCUT2D eigenvalue weighted by Gasteiger charge is 2.31. The zero-order valence-corrected chi connectivity index (χ0v) is 18.0. The fourth-order valence-electron chi connectivity index (χ4n) is 2.98. The molecule has 1 aliphatic heterocycles. The molecule has 0 aliphatic carbocycles. The quantitative estimate of drug-likeness (QED) is 0.397. The van der Waals surface area contributed by atoms with Gasteiger partial charge >= 0.3 is 0 Å². The first-order valence-corrected chi connectivity index (χ1v) is 10.2. The van der Waals surface area contributed by atoms with Gasteiger partial charge in [0.1, 0.15) is 0 Å². The first-order valence-electron chi connectivity index (χ1n) is 9.45. The molecule has 2 aromatic carbocycles. The Morgan fingerprint density at radius 1 is 1.20 bits per heavy atom. The van der Waals surface area contributed by atoms with Crippen molar-refractivity contribution in [2.24, 2.45) is 10.1 Å². The molecule has 2 radical (unpaired) electrons. The Morgan fingerprint density at radius 3 is 2.50 bits per heavy atom. The molecule has 1 aliphatic rings. The average molecular weight is 442 g/mol. The lowest BCUT2D eigenvalue weighted by Crippen LogP contribution is -2.43. The van der Waals surface area contributed by atoms with E-state index in [1.807, 2.05) is 54.7 Å². The van der Waals surface area contributed by atoms with Gasteiger partial charge in [0.05, 0.1) is 18.2 Å². The van der Waals surface area contributed by atoms with Crippen molar-refractivity contribution in [1.29, 1.82) is 5.26 Å². The van der Waals surface area contributed by atoms with Crippen LogP contribution in [0.3, 0.4) is 0 Å². The van der Waals surface area contributed by atoms with E-state index in [4.69, 9.17) is 27.9 Å². The molecule has 154 valence electrons. The molecule has 0 fully saturated rings. The molecule has 1 N–H and O–H groups in total. The van der Waals surface area contributed by atoms with Crippen molar-refractivity contribution in [2.45, 2.75) is 18.9 Å². The van der Waals surface area contributed by atoms with E-state index in [0.717, 1.165) is 17.5 Å². The molecule has 6 nitrogen and oxygen atoms in total. The van der Waals surface area contributed by atoms with Gasteiger partial charge in [-0.25, -0.2) is 5.01 Å². The molecule has 1 heterocycles. The lowest BCUT2D eigenvalue weighted by molar-refractivity contribution is 0.174. The number of hydrogen-bond acceptors (Lipinski definition) is 4. The van der Waals surface area contributed by atoms with Crippen LogP contribution in [0.5, 0.6) is 0 Å². The highest BCUT2D eigenvalue weighted by molar-refractivity contribution is 6.31. The predicted molar refractivity (Wildman–Crippen MR) is 120 cm³/mol. The number of aliphatic imine (C=N–C) groups is 1. The maximum Gasteiger partial charge on any atom is 0.230 e. The van der Waals surface area contributed by atoms with Crippen LogP contribution in [0, 0.1) is 17.9 Å². The molecular weight excluding hydrogens is 421 g/mol. The molecule has 0 saturated heterocycles. The summed E-state index contributed by atoms with van der Waals surface area (Å²) in [7, 11) is 1.65. The third-order valence-electron chi connectivity index (χ3n) is 4.50. The number of hydrogen-bond donors (Lipinski definition) is 1. The SMILES string of the molecule is COCCC1[C]C(c2ccc(Cl)cc2)=NN1C(=NC#N)NCCc1ccc(Cl)cc1. The Morgan fingerprint density at radius 2 is 1.87 bits per heavy atom. The summed E-state index contributed by atoms with van der Waals surface area (Å²) in [5, 5.41) is 20.1. The van der Waals surface area contributed by atoms with E-state index in [2.05, 4.69) is 21.8 Å². The van der Waals surface area contributed by atoms with Crippen molar-refractivity contribution in [1.82, 2.24) is 10.3 Å². The summed E-state index contributed by atoms with van der Waals surface area (Å²) in [4.78, 5) is 3.96. The standard InChI is InChI=1S/C22H21Cl2N5O/c1-30-13-11-20-14-21(17-4-8-19(24)9-5-17)28-29(20)22(27-15-25)26-12-10-16-2-6-18(23)7-3-16/h2-9,20H,10-13H2,1H3,(H,26,27). The van der Waals surface area contributed by atoms with Crippen LogP contribution in [0.15, 0.2) is 58.6 Å². The zero-order valence-electron chi connectivity index (χ0n) is 16.5. The third kappa shape index (κ3) is 5.96. The first kappa shape index (κ1) is 22.1. The number of rotatable bonds is 7. The van der Waals surface area contributed by atoms with Gasteiger partial charge in [0, 0.05) is 30.3 Å². The first-order chi connectivity index (χ1) is 14.6. The molecule has 0 spiro atoms. The third-order valence-corrected chi connectivity index (χ3v) is 5.01. The topological polar surface area (TPSA) is 73.0 Å². The van der Waals surface area contributed by atoms with E-state index in [9.17, 15) is 5.26 Å². The van der Waals surface area contributed by atoms with Crippen LogP contribution < -0.4 is 5.32 Å². The van der Waals surface area contributed by atoms with E-state index in [0.29, 0.717) is 41.3 Å².